The van der Waals surface area contributed by atoms with Crippen molar-refractivity contribution in [2.75, 3.05) is 0 Å². The van der Waals surface area contributed by atoms with Gasteiger partial charge in [0.05, 0.1) is 10.2 Å². The highest BCUT2D eigenvalue weighted by molar-refractivity contribution is 7.16. The number of hydrogen-bond acceptors (Lipinski definition) is 2. The fraction of sp³-hybridized carbons (Fsp3) is 0. The molecule has 3 heteroatoms. The van der Waals surface area contributed by atoms with Crippen LogP contribution in [0, 0.1) is 11.3 Å². The van der Waals surface area contributed by atoms with Crippen LogP contribution in [0.4, 0.5) is 4.39 Å². The lowest BCUT2D eigenvalue weighted by molar-refractivity contribution is 0.630. The molecule has 1 radical (unpaired) electrons. The zero-order valence-corrected chi connectivity index (χ0v) is 5.78. The highest BCUT2D eigenvalue weighted by Crippen LogP contribution is 2.17. The van der Waals surface area contributed by atoms with E-state index >= 15 is 0 Å². The van der Waals surface area contributed by atoms with Crippen molar-refractivity contribution in [3.8, 4) is 0 Å². The van der Waals surface area contributed by atoms with Crippen molar-refractivity contribution in [1.29, 1.82) is 0 Å². The van der Waals surface area contributed by atoms with Crippen molar-refractivity contribution in [1.82, 2.24) is 4.98 Å². The summed E-state index contributed by atoms with van der Waals surface area (Å²) in [5.74, 6) is -0.217. The summed E-state index contributed by atoms with van der Waals surface area (Å²) in [6, 6.07) is 4.51. The third kappa shape index (κ3) is 0.789. The molecule has 1 nitrogen and oxygen atoms in total. The molecule has 49 valence electrons. The van der Waals surface area contributed by atoms with Crippen LogP contribution >= 0.6 is 11.3 Å². The van der Waals surface area contributed by atoms with E-state index in [9.17, 15) is 4.39 Å². The topological polar surface area (TPSA) is 12.9 Å². The molecule has 10 heavy (non-hydrogen) atoms. The van der Waals surface area contributed by atoms with Crippen LogP contribution in [0.25, 0.3) is 10.2 Å². The van der Waals surface area contributed by atoms with Crippen LogP contribution in [0.3, 0.4) is 0 Å². The van der Waals surface area contributed by atoms with E-state index in [1.807, 2.05) is 0 Å². The predicted molar refractivity (Wildman–Crippen MR) is 38.4 cm³/mol. The van der Waals surface area contributed by atoms with Crippen molar-refractivity contribution in [2.24, 2.45) is 0 Å². The second-order valence-electron chi connectivity index (χ2n) is 1.92. The molecule has 0 saturated carbocycles. The Kier molecular flexibility index (Phi) is 1.17. The van der Waals surface area contributed by atoms with Crippen molar-refractivity contribution in [3.63, 3.8) is 0 Å². The molecule has 0 bridgehead atoms. The van der Waals surface area contributed by atoms with Crippen LogP contribution < -0.4 is 0 Å². The molecular weight excluding hydrogens is 149 g/mol. The molecular formula is C7H3FNS. The molecule has 1 aromatic carbocycles. The second kappa shape index (κ2) is 2.02. The number of hydrogen-bond donors (Lipinski definition) is 0. The maximum Gasteiger partial charge on any atom is 0.153 e. The Morgan fingerprint density at radius 3 is 3.30 bits per heavy atom. The quantitative estimate of drug-likeness (QED) is 0.564. The molecule has 0 N–H and O–H groups in total. The van der Waals surface area contributed by atoms with E-state index in [4.69, 9.17) is 0 Å². The van der Waals surface area contributed by atoms with E-state index in [0.29, 0.717) is 0 Å². The van der Waals surface area contributed by atoms with Crippen LogP contribution in [0.15, 0.2) is 18.2 Å². The Morgan fingerprint density at radius 2 is 2.40 bits per heavy atom. The zero-order valence-electron chi connectivity index (χ0n) is 4.97. The molecule has 0 atom stereocenters. The summed E-state index contributed by atoms with van der Waals surface area (Å²) < 4.78 is 13.3. The van der Waals surface area contributed by atoms with Gasteiger partial charge in [-0.2, -0.15) is 0 Å². The molecule has 0 unspecified atom stereocenters. The number of aromatic nitrogens is 1. The lowest BCUT2D eigenvalue weighted by Gasteiger charge is -1.85. The number of halogens is 1. The monoisotopic (exact) mass is 152 g/mol. The summed E-state index contributed by atoms with van der Waals surface area (Å²) in [5, 5.41) is 0. The SMILES string of the molecule is Fc1ccc2n[c]sc2c1. The van der Waals surface area contributed by atoms with Gasteiger partial charge in [-0.25, -0.2) is 9.37 Å². The van der Waals surface area contributed by atoms with E-state index in [1.54, 1.807) is 6.07 Å². The van der Waals surface area contributed by atoms with Crippen LogP contribution in [-0.2, 0) is 0 Å². The van der Waals surface area contributed by atoms with Gasteiger partial charge >= 0.3 is 0 Å². The standard InChI is InChI=1S/C7H3FNS/c8-5-1-2-6-7(3-5)10-4-9-6/h1-3H. The van der Waals surface area contributed by atoms with Gasteiger partial charge in [-0.15, -0.1) is 11.3 Å². The average Bonchev–Trinajstić information content (AvgIpc) is 2.33. The highest BCUT2D eigenvalue weighted by atomic mass is 32.1. The first kappa shape index (κ1) is 5.80. The predicted octanol–water partition coefficient (Wildman–Crippen LogP) is 2.24. The largest absolute Gasteiger partial charge is 0.233 e. The molecule has 0 fully saturated rings. The second-order valence-corrected chi connectivity index (χ2v) is 2.74. The van der Waals surface area contributed by atoms with Gasteiger partial charge in [-0.3, -0.25) is 0 Å². The number of benzene rings is 1. The number of nitrogens with zero attached hydrogens (tertiary/aromatic N) is 1. The first-order valence-electron chi connectivity index (χ1n) is 2.78. The first-order chi connectivity index (χ1) is 4.86. The van der Waals surface area contributed by atoms with E-state index < -0.39 is 0 Å². The van der Waals surface area contributed by atoms with E-state index in [2.05, 4.69) is 10.5 Å². The fourth-order valence-electron chi connectivity index (χ4n) is 0.783. The summed E-state index contributed by atoms with van der Waals surface area (Å²) >= 11 is 1.33. The van der Waals surface area contributed by atoms with Gasteiger partial charge in [-0.05, 0) is 18.2 Å². The van der Waals surface area contributed by atoms with Gasteiger partial charge in [-0.1, -0.05) is 0 Å². The minimum Gasteiger partial charge on any atom is -0.233 e. The number of rotatable bonds is 0. The van der Waals surface area contributed by atoms with Gasteiger partial charge in [0.25, 0.3) is 0 Å². The minimum atomic E-state index is -0.217. The van der Waals surface area contributed by atoms with Crippen LogP contribution in [0.1, 0.15) is 0 Å². The van der Waals surface area contributed by atoms with Gasteiger partial charge in [0.15, 0.2) is 5.51 Å². The first-order valence-corrected chi connectivity index (χ1v) is 3.60. The Labute approximate surface area is 61.1 Å². The van der Waals surface area contributed by atoms with E-state index in [0.717, 1.165) is 10.2 Å². The molecule has 0 amide bonds. The minimum absolute atomic E-state index is 0.217. The van der Waals surface area contributed by atoms with Crippen LogP contribution in [0.2, 0.25) is 0 Å². The summed E-state index contributed by atoms with van der Waals surface area (Å²) in [4.78, 5) is 3.89. The molecule has 2 rings (SSSR count). The van der Waals surface area contributed by atoms with Gasteiger partial charge in [0, 0.05) is 0 Å². The van der Waals surface area contributed by atoms with Crippen molar-refractivity contribution >= 4 is 21.6 Å². The summed E-state index contributed by atoms with van der Waals surface area (Å²) in [7, 11) is 0. The smallest absolute Gasteiger partial charge is 0.153 e. The van der Waals surface area contributed by atoms with Gasteiger partial charge in [0.1, 0.15) is 5.82 Å². The maximum atomic E-state index is 12.5. The Bertz CT molecular complexity index is 355. The van der Waals surface area contributed by atoms with Crippen molar-refractivity contribution < 1.29 is 4.39 Å². The van der Waals surface area contributed by atoms with Crippen LogP contribution in [0.5, 0.6) is 0 Å². The molecule has 0 spiro atoms. The maximum absolute atomic E-state index is 12.5. The molecule has 0 aliphatic heterocycles. The van der Waals surface area contributed by atoms with Crippen LogP contribution in [-0.4, -0.2) is 4.98 Å². The zero-order chi connectivity index (χ0) is 6.97. The Hall–Kier alpha value is -0.960. The van der Waals surface area contributed by atoms with Crippen molar-refractivity contribution in [2.45, 2.75) is 0 Å². The molecule has 0 saturated heterocycles. The summed E-state index contributed by atoms with van der Waals surface area (Å²) in [6.07, 6.45) is 0. The molecule has 0 aliphatic rings. The molecule has 1 heterocycles. The molecule has 0 aliphatic carbocycles. The number of fused-ring (bicyclic) bond motifs is 1. The summed E-state index contributed by atoms with van der Waals surface area (Å²) in [5.41, 5.74) is 3.50. The van der Waals surface area contributed by atoms with E-state index in [-0.39, 0.29) is 5.82 Å². The van der Waals surface area contributed by atoms with Crippen molar-refractivity contribution in [3.05, 3.63) is 29.5 Å². The average molecular weight is 152 g/mol. The third-order valence-corrected chi connectivity index (χ3v) is 1.97. The third-order valence-electron chi connectivity index (χ3n) is 1.24. The lowest BCUT2D eigenvalue weighted by atomic mass is 10.3. The number of thiazole rings is 1. The Morgan fingerprint density at radius 1 is 1.50 bits per heavy atom. The summed E-state index contributed by atoms with van der Waals surface area (Å²) in [6.45, 7) is 0. The van der Waals surface area contributed by atoms with Gasteiger partial charge < -0.3 is 0 Å². The highest BCUT2D eigenvalue weighted by Gasteiger charge is 1.96. The van der Waals surface area contributed by atoms with E-state index in [1.165, 1.54) is 23.5 Å². The molecule has 1 aromatic heterocycles. The normalized spacial score (nSPS) is 10.5. The lowest BCUT2D eigenvalue weighted by Crippen LogP contribution is -1.70. The molecule has 2 aromatic rings. The van der Waals surface area contributed by atoms with Gasteiger partial charge in [0.2, 0.25) is 0 Å². The Balaban J connectivity index is 2.86. The fourth-order valence-corrected chi connectivity index (χ4v) is 1.42.